The Hall–Kier alpha value is -2.38. The van der Waals surface area contributed by atoms with Crippen molar-refractivity contribution in [1.82, 2.24) is 9.55 Å². The minimum Gasteiger partial charge on any atom is -0.491 e. The summed E-state index contributed by atoms with van der Waals surface area (Å²) in [5.41, 5.74) is 7.42. The first-order valence-corrected chi connectivity index (χ1v) is 8.21. The molecular weight excluding hydrogens is 322 g/mol. The Kier molecular flexibility index (Phi) is 7.43. The zero-order valence-corrected chi connectivity index (χ0v) is 14.7. The third-order valence-electron chi connectivity index (χ3n) is 3.74. The molecule has 136 valence electrons. The van der Waals surface area contributed by atoms with Crippen molar-refractivity contribution in [3.8, 4) is 5.75 Å². The standard InChI is InChI=1S/C18H25N3O4/c1-21-17(22)13-15(20-18(21)19)6-3-14-4-7-16(8-5-14)25-12-11-24-10-9-23-2/h4-5,7-8,13H,3,6,9-12H2,1-2H3,(H2,19,20). The Morgan fingerprint density at radius 1 is 1.08 bits per heavy atom. The molecule has 0 amide bonds. The van der Waals surface area contributed by atoms with Gasteiger partial charge in [-0.2, -0.15) is 0 Å². The predicted octanol–water partition coefficient (Wildman–Crippen LogP) is 1.19. The van der Waals surface area contributed by atoms with Gasteiger partial charge in [0.05, 0.1) is 25.5 Å². The Morgan fingerprint density at radius 2 is 1.80 bits per heavy atom. The monoisotopic (exact) mass is 347 g/mol. The SMILES string of the molecule is COCCOCCOc1ccc(CCc2cc(=O)n(C)c(N)n2)cc1. The number of aromatic nitrogens is 2. The number of hydrogen-bond donors (Lipinski definition) is 1. The van der Waals surface area contributed by atoms with E-state index in [1.54, 1.807) is 14.2 Å². The maximum Gasteiger partial charge on any atom is 0.254 e. The van der Waals surface area contributed by atoms with Gasteiger partial charge < -0.3 is 19.9 Å². The maximum atomic E-state index is 11.7. The molecule has 0 bridgehead atoms. The smallest absolute Gasteiger partial charge is 0.254 e. The van der Waals surface area contributed by atoms with Crippen LogP contribution < -0.4 is 16.0 Å². The van der Waals surface area contributed by atoms with Gasteiger partial charge in [0.2, 0.25) is 5.95 Å². The van der Waals surface area contributed by atoms with E-state index >= 15 is 0 Å². The number of benzene rings is 1. The largest absolute Gasteiger partial charge is 0.491 e. The number of methoxy groups -OCH3 is 1. The fourth-order valence-corrected chi connectivity index (χ4v) is 2.22. The second-order valence-corrected chi connectivity index (χ2v) is 5.60. The molecule has 2 N–H and O–H groups in total. The van der Waals surface area contributed by atoms with Crippen LogP contribution in [-0.4, -0.2) is 43.1 Å². The summed E-state index contributed by atoms with van der Waals surface area (Å²) in [6.45, 7) is 2.18. The Bertz CT molecular complexity index is 713. The van der Waals surface area contributed by atoms with Gasteiger partial charge in [-0.1, -0.05) is 12.1 Å². The molecule has 7 heteroatoms. The van der Waals surface area contributed by atoms with E-state index in [0.29, 0.717) is 38.5 Å². The zero-order chi connectivity index (χ0) is 18.1. The molecular formula is C18H25N3O4. The van der Waals surface area contributed by atoms with Gasteiger partial charge in [0.15, 0.2) is 0 Å². The molecule has 1 aromatic carbocycles. The molecule has 25 heavy (non-hydrogen) atoms. The van der Waals surface area contributed by atoms with E-state index < -0.39 is 0 Å². The highest BCUT2D eigenvalue weighted by molar-refractivity contribution is 5.28. The number of hydrogen-bond acceptors (Lipinski definition) is 6. The van der Waals surface area contributed by atoms with E-state index in [9.17, 15) is 4.79 Å². The molecule has 1 heterocycles. The average molecular weight is 347 g/mol. The van der Waals surface area contributed by atoms with Crippen molar-refractivity contribution >= 4 is 5.95 Å². The zero-order valence-electron chi connectivity index (χ0n) is 14.7. The lowest BCUT2D eigenvalue weighted by molar-refractivity contribution is 0.0544. The molecule has 0 spiro atoms. The van der Waals surface area contributed by atoms with Crippen LogP contribution in [0, 0.1) is 0 Å². The fraction of sp³-hybridized carbons (Fsp3) is 0.444. The molecule has 0 atom stereocenters. The molecule has 0 aliphatic heterocycles. The van der Waals surface area contributed by atoms with Crippen molar-refractivity contribution in [2.45, 2.75) is 12.8 Å². The fourth-order valence-electron chi connectivity index (χ4n) is 2.22. The number of aryl methyl sites for hydroxylation is 2. The minimum absolute atomic E-state index is 0.140. The Morgan fingerprint density at radius 3 is 2.48 bits per heavy atom. The van der Waals surface area contributed by atoms with Crippen LogP contribution in [0.4, 0.5) is 5.95 Å². The second kappa shape index (κ2) is 9.80. The van der Waals surface area contributed by atoms with Crippen molar-refractivity contribution in [2.75, 3.05) is 39.3 Å². The second-order valence-electron chi connectivity index (χ2n) is 5.60. The first-order valence-electron chi connectivity index (χ1n) is 8.21. The van der Waals surface area contributed by atoms with Crippen molar-refractivity contribution in [1.29, 1.82) is 0 Å². The number of nitrogens with two attached hydrogens (primary N) is 1. The molecule has 0 radical (unpaired) electrons. The van der Waals surface area contributed by atoms with Gasteiger partial charge in [0.25, 0.3) is 5.56 Å². The van der Waals surface area contributed by atoms with Crippen molar-refractivity contribution in [2.24, 2.45) is 7.05 Å². The van der Waals surface area contributed by atoms with Gasteiger partial charge in [-0.25, -0.2) is 4.98 Å². The van der Waals surface area contributed by atoms with E-state index in [4.69, 9.17) is 19.9 Å². The highest BCUT2D eigenvalue weighted by Crippen LogP contribution is 2.13. The first kappa shape index (κ1) is 19.0. The molecule has 0 unspecified atom stereocenters. The molecule has 0 fully saturated rings. The summed E-state index contributed by atoms with van der Waals surface area (Å²) in [4.78, 5) is 15.9. The highest BCUT2D eigenvalue weighted by Gasteiger charge is 2.04. The van der Waals surface area contributed by atoms with Gasteiger partial charge in [-0.15, -0.1) is 0 Å². The van der Waals surface area contributed by atoms with Crippen molar-refractivity contribution in [3.63, 3.8) is 0 Å². The topological polar surface area (TPSA) is 88.6 Å². The van der Waals surface area contributed by atoms with Crippen molar-refractivity contribution in [3.05, 3.63) is 51.9 Å². The van der Waals surface area contributed by atoms with Crippen LogP contribution in [0.3, 0.4) is 0 Å². The number of anilines is 1. The molecule has 7 nitrogen and oxygen atoms in total. The van der Waals surface area contributed by atoms with Crippen molar-refractivity contribution < 1.29 is 14.2 Å². The summed E-state index contributed by atoms with van der Waals surface area (Å²) in [5.74, 6) is 1.04. The van der Waals surface area contributed by atoms with E-state index in [2.05, 4.69) is 4.98 Å². The lowest BCUT2D eigenvalue weighted by Crippen LogP contribution is -2.21. The van der Waals surface area contributed by atoms with E-state index in [0.717, 1.165) is 17.7 Å². The van der Waals surface area contributed by atoms with E-state index in [-0.39, 0.29) is 11.5 Å². The van der Waals surface area contributed by atoms with Gasteiger partial charge in [-0.05, 0) is 30.5 Å². The Labute approximate surface area is 147 Å². The normalized spacial score (nSPS) is 10.8. The summed E-state index contributed by atoms with van der Waals surface area (Å²) in [5, 5.41) is 0. The lowest BCUT2D eigenvalue weighted by Gasteiger charge is -2.08. The van der Waals surface area contributed by atoms with Gasteiger partial charge in [-0.3, -0.25) is 9.36 Å². The van der Waals surface area contributed by atoms with Crippen LogP contribution in [0.5, 0.6) is 5.75 Å². The average Bonchev–Trinajstić information content (AvgIpc) is 2.61. The molecule has 2 aromatic rings. The molecule has 1 aromatic heterocycles. The summed E-state index contributed by atoms with van der Waals surface area (Å²) in [7, 11) is 3.25. The summed E-state index contributed by atoms with van der Waals surface area (Å²) in [6.07, 6.45) is 1.44. The molecule has 0 aliphatic rings. The number of nitrogens with zero attached hydrogens (tertiary/aromatic N) is 2. The number of rotatable bonds is 10. The third kappa shape index (κ3) is 6.21. The molecule has 0 saturated carbocycles. The van der Waals surface area contributed by atoms with Gasteiger partial charge >= 0.3 is 0 Å². The first-order chi connectivity index (χ1) is 12.1. The lowest BCUT2D eigenvalue weighted by atomic mass is 10.1. The van der Waals surface area contributed by atoms with Crippen LogP contribution in [0.15, 0.2) is 35.1 Å². The van der Waals surface area contributed by atoms with Crippen LogP contribution in [0.25, 0.3) is 0 Å². The summed E-state index contributed by atoms with van der Waals surface area (Å²) in [6, 6.07) is 9.39. The maximum absolute atomic E-state index is 11.7. The summed E-state index contributed by atoms with van der Waals surface area (Å²) >= 11 is 0. The van der Waals surface area contributed by atoms with E-state index in [1.165, 1.54) is 10.6 Å². The number of nitrogen functional groups attached to an aromatic ring is 1. The molecule has 0 saturated heterocycles. The summed E-state index contributed by atoms with van der Waals surface area (Å²) < 4.78 is 17.2. The Balaban J connectivity index is 1.77. The van der Waals surface area contributed by atoms with Crippen LogP contribution in [-0.2, 0) is 29.4 Å². The number of ether oxygens (including phenoxy) is 3. The van der Waals surface area contributed by atoms with Crippen LogP contribution in [0.1, 0.15) is 11.3 Å². The third-order valence-corrected chi connectivity index (χ3v) is 3.74. The highest BCUT2D eigenvalue weighted by atomic mass is 16.5. The quantitative estimate of drug-likeness (QED) is 0.650. The van der Waals surface area contributed by atoms with Gasteiger partial charge in [0, 0.05) is 20.2 Å². The predicted molar refractivity (Wildman–Crippen MR) is 95.9 cm³/mol. The molecule has 0 aliphatic carbocycles. The van der Waals surface area contributed by atoms with Crippen LogP contribution in [0.2, 0.25) is 0 Å². The van der Waals surface area contributed by atoms with Gasteiger partial charge in [0.1, 0.15) is 12.4 Å². The van der Waals surface area contributed by atoms with Crippen LogP contribution >= 0.6 is 0 Å². The van der Waals surface area contributed by atoms with E-state index in [1.807, 2.05) is 24.3 Å². The minimum atomic E-state index is -0.140. The molecule has 2 rings (SSSR count).